The fourth-order valence-electron chi connectivity index (χ4n) is 2.22. The van der Waals surface area contributed by atoms with Crippen LogP contribution in [0.25, 0.3) is 0 Å². The molecule has 0 saturated heterocycles. The van der Waals surface area contributed by atoms with Crippen LogP contribution in [0.4, 0.5) is 0 Å². The van der Waals surface area contributed by atoms with E-state index in [4.69, 9.17) is 0 Å². The molecule has 1 saturated carbocycles. The molecule has 4 nitrogen and oxygen atoms in total. The Hall–Kier alpha value is -1.16. The quantitative estimate of drug-likeness (QED) is 0.827. The summed E-state index contributed by atoms with van der Waals surface area (Å²) in [5, 5.41) is 7.68. The van der Waals surface area contributed by atoms with Gasteiger partial charge in [0.2, 0.25) is 0 Å². The molecule has 0 radical (unpaired) electrons. The predicted molar refractivity (Wildman–Crippen MR) is 63.5 cm³/mol. The van der Waals surface area contributed by atoms with E-state index in [2.05, 4.69) is 10.4 Å². The Bertz CT molecular complexity index is 393. The topological polar surface area (TPSA) is 46.9 Å². The summed E-state index contributed by atoms with van der Waals surface area (Å²) in [6, 6.07) is 3.99. The van der Waals surface area contributed by atoms with Gasteiger partial charge in [0.15, 0.2) is 0 Å². The maximum absolute atomic E-state index is 11.5. The highest BCUT2D eigenvalue weighted by molar-refractivity contribution is 4.97. The first kappa shape index (κ1) is 11.3. The van der Waals surface area contributed by atoms with Gasteiger partial charge in [0.1, 0.15) is 0 Å². The zero-order chi connectivity index (χ0) is 11.4. The molecule has 0 atom stereocenters. The molecule has 16 heavy (non-hydrogen) atoms. The minimum absolute atomic E-state index is 0.0150. The number of nitrogens with zero attached hydrogens (tertiary/aromatic N) is 2. The molecule has 1 aromatic heterocycles. The average Bonchev–Trinajstić information content (AvgIpc) is 2.76. The van der Waals surface area contributed by atoms with Gasteiger partial charge < -0.3 is 5.32 Å². The van der Waals surface area contributed by atoms with Crippen molar-refractivity contribution in [1.82, 2.24) is 15.1 Å². The summed E-state index contributed by atoms with van der Waals surface area (Å²) in [7, 11) is 0. The van der Waals surface area contributed by atoms with Crippen LogP contribution < -0.4 is 10.9 Å². The van der Waals surface area contributed by atoms with Gasteiger partial charge >= 0.3 is 0 Å². The molecule has 1 fully saturated rings. The molecule has 0 unspecified atom stereocenters. The Kier molecular flexibility index (Phi) is 3.72. The second kappa shape index (κ2) is 5.25. The molecule has 4 heteroatoms. The molecule has 1 aliphatic carbocycles. The zero-order valence-corrected chi connectivity index (χ0v) is 9.78. The highest BCUT2D eigenvalue weighted by Crippen LogP contribution is 2.17. The SMILES string of the molecule is Cc1ccc(=O)n(CCNC2CCCC2)n1. The van der Waals surface area contributed by atoms with Crippen molar-refractivity contribution in [2.45, 2.75) is 45.2 Å². The first-order valence-electron chi connectivity index (χ1n) is 6.04. The van der Waals surface area contributed by atoms with Crippen LogP contribution in [0.3, 0.4) is 0 Å². The lowest BCUT2D eigenvalue weighted by Gasteiger charge is -2.12. The fraction of sp³-hybridized carbons (Fsp3) is 0.667. The van der Waals surface area contributed by atoms with E-state index in [1.54, 1.807) is 12.1 Å². The lowest BCUT2D eigenvalue weighted by Crippen LogP contribution is -2.33. The van der Waals surface area contributed by atoms with Crippen LogP contribution in [0.5, 0.6) is 0 Å². The van der Waals surface area contributed by atoms with Gasteiger partial charge in [-0.2, -0.15) is 5.10 Å². The van der Waals surface area contributed by atoms with Gasteiger partial charge in [0, 0.05) is 18.7 Å². The third kappa shape index (κ3) is 2.92. The summed E-state index contributed by atoms with van der Waals surface area (Å²) in [5.74, 6) is 0. The van der Waals surface area contributed by atoms with Gasteiger partial charge in [-0.1, -0.05) is 12.8 Å². The van der Waals surface area contributed by atoms with Crippen LogP contribution in [0.15, 0.2) is 16.9 Å². The summed E-state index contributed by atoms with van der Waals surface area (Å²) in [6.45, 7) is 3.40. The van der Waals surface area contributed by atoms with E-state index in [1.165, 1.54) is 30.4 Å². The third-order valence-corrected chi connectivity index (χ3v) is 3.11. The van der Waals surface area contributed by atoms with Crippen LogP contribution in [-0.2, 0) is 6.54 Å². The van der Waals surface area contributed by atoms with E-state index < -0.39 is 0 Å². The molecule has 1 heterocycles. The molecule has 1 aliphatic rings. The van der Waals surface area contributed by atoms with Crippen molar-refractivity contribution >= 4 is 0 Å². The van der Waals surface area contributed by atoms with Crippen LogP contribution >= 0.6 is 0 Å². The van der Waals surface area contributed by atoms with Crippen molar-refractivity contribution in [1.29, 1.82) is 0 Å². The van der Waals surface area contributed by atoms with Gasteiger partial charge in [0.05, 0.1) is 12.2 Å². The molecule has 1 N–H and O–H groups in total. The van der Waals surface area contributed by atoms with Crippen LogP contribution in [0.2, 0.25) is 0 Å². The molecular formula is C12H19N3O. The molecular weight excluding hydrogens is 202 g/mol. The summed E-state index contributed by atoms with van der Waals surface area (Å²) in [6.07, 6.45) is 5.22. The van der Waals surface area contributed by atoms with Crippen molar-refractivity contribution in [2.24, 2.45) is 0 Å². The number of aryl methyl sites for hydroxylation is 1. The maximum Gasteiger partial charge on any atom is 0.266 e. The van der Waals surface area contributed by atoms with Crippen molar-refractivity contribution in [3.05, 3.63) is 28.2 Å². The smallest absolute Gasteiger partial charge is 0.266 e. The fourth-order valence-corrected chi connectivity index (χ4v) is 2.22. The van der Waals surface area contributed by atoms with E-state index in [1.807, 2.05) is 6.92 Å². The molecule has 88 valence electrons. The Morgan fingerprint density at radius 3 is 2.94 bits per heavy atom. The van der Waals surface area contributed by atoms with Crippen molar-refractivity contribution < 1.29 is 0 Å². The molecule has 2 rings (SSSR count). The normalized spacial score (nSPS) is 16.8. The number of hydrogen-bond donors (Lipinski definition) is 1. The van der Waals surface area contributed by atoms with Crippen molar-refractivity contribution in [3.63, 3.8) is 0 Å². The lowest BCUT2D eigenvalue weighted by atomic mass is 10.2. The highest BCUT2D eigenvalue weighted by Gasteiger charge is 2.13. The van der Waals surface area contributed by atoms with Gasteiger partial charge in [-0.25, -0.2) is 4.68 Å². The van der Waals surface area contributed by atoms with E-state index in [0.29, 0.717) is 12.6 Å². The molecule has 0 aliphatic heterocycles. The molecule has 0 spiro atoms. The molecule has 0 amide bonds. The Morgan fingerprint density at radius 2 is 2.19 bits per heavy atom. The van der Waals surface area contributed by atoms with Crippen molar-refractivity contribution in [2.75, 3.05) is 6.54 Å². The zero-order valence-electron chi connectivity index (χ0n) is 9.78. The third-order valence-electron chi connectivity index (χ3n) is 3.11. The standard InChI is InChI=1S/C12H19N3O/c1-10-6-7-12(16)15(14-10)9-8-13-11-4-2-3-5-11/h6-7,11,13H,2-5,8-9H2,1H3. The van der Waals surface area contributed by atoms with Crippen LogP contribution in [0.1, 0.15) is 31.4 Å². The Balaban J connectivity index is 1.84. The first-order chi connectivity index (χ1) is 7.75. The van der Waals surface area contributed by atoms with Gasteiger partial charge in [0.25, 0.3) is 5.56 Å². The van der Waals surface area contributed by atoms with Crippen LogP contribution in [0, 0.1) is 6.92 Å². The summed E-state index contributed by atoms with van der Waals surface area (Å²) in [4.78, 5) is 11.5. The number of nitrogens with one attached hydrogen (secondary N) is 1. The summed E-state index contributed by atoms with van der Waals surface area (Å²) in [5.41, 5.74) is 0.874. The highest BCUT2D eigenvalue weighted by atomic mass is 16.1. The maximum atomic E-state index is 11.5. The largest absolute Gasteiger partial charge is 0.312 e. The van der Waals surface area contributed by atoms with E-state index in [0.717, 1.165) is 12.2 Å². The van der Waals surface area contributed by atoms with E-state index in [9.17, 15) is 4.79 Å². The first-order valence-corrected chi connectivity index (χ1v) is 6.04. The second-order valence-corrected chi connectivity index (χ2v) is 4.47. The summed E-state index contributed by atoms with van der Waals surface area (Å²) >= 11 is 0. The Morgan fingerprint density at radius 1 is 1.44 bits per heavy atom. The molecule has 0 aromatic carbocycles. The summed E-state index contributed by atoms with van der Waals surface area (Å²) < 4.78 is 1.54. The van der Waals surface area contributed by atoms with Gasteiger partial charge in [-0.05, 0) is 25.8 Å². The predicted octanol–water partition coefficient (Wildman–Crippen LogP) is 1.08. The van der Waals surface area contributed by atoms with Crippen molar-refractivity contribution in [3.8, 4) is 0 Å². The molecule has 0 bridgehead atoms. The Labute approximate surface area is 95.7 Å². The minimum Gasteiger partial charge on any atom is -0.312 e. The number of hydrogen-bond acceptors (Lipinski definition) is 3. The van der Waals surface area contributed by atoms with E-state index >= 15 is 0 Å². The number of aromatic nitrogens is 2. The van der Waals surface area contributed by atoms with Crippen LogP contribution in [-0.4, -0.2) is 22.4 Å². The van der Waals surface area contributed by atoms with E-state index in [-0.39, 0.29) is 5.56 Å². The number of rotatable bonds is 4. The monoisotopic (exact) mass is 221 g/mol. The minimum atomic E-state index is -0.0150. The van der Waals surface area contributed by atoms with Gasteiger partial charge in [-0.3, -0.25) is 4.79 Å². The average molecular weight is 221 g/mol. The lowest BCUT2D eigenvalue weighted by molar-refractivity contribution is 0.469. The second-order valence-electron chi connectivity index (χ2n) is 4.47. The molecule has 1 aromatic rings. The van der Waals surface area contributed by atoms with Gasteiger partial charge in [-0.15, -0.1) is 0 Å².